The summed E-state index contributed by atoms with van der Waals surface area (Å²) in [5.41, 5.74) is -0.977. The second kappa shape index (κ2) is 5.21. The van der Waals surface area contributed by atoms with Crippen LogP contribution in [0.3, 0.4) is 0 Å². The highest BCUT2D eigenvalue weighted by atomic mass is 19.3. The first-order valence-corrected chi connectivity index (χ1v) is 6.55. The molecule has 2 fully saturated rings. The highest BCUT2D eigenvalue weighted by molar-refractivity contribution is 5.01. The number of piperidine rings is 2. The maximum absolute atomic E-state index is 12.8. The number of nitrogens with zero attached hydrogens (tertiary/aromatic N) is 1. The molecule has 18 heavy (non-hydrogen) atoms. The van der Waals surface area contributed by atoms with Crippen LogP contribution < -0.4 is 0 Å². The Labute approximate surface area is 105 Å². The zero-order valence-electron chi connectivity index (χ0n) is 10.6. The molecule has 0 radical (unpaired) electrons. The number of aliphatic hydroxyl groups is 1. The molecule has 0 amide bonds. The van der Waals surface area contributed by atoms with Gasteiger partial charge in [-0.05, 0) is 39.2 Å². The first-order chi connectivity index (χ1) is 8.41. The van der Waals surface area contributed by atoms with Crippen molar-refractivity contribution in [2.24, 2.45) is 0 Å². The average Bonchev–Trinajstić information content (AvgIpc) is 2.28. The normalized spacial score (nSPS) is 36.5. The van der Waals surface area contributed by atoms with E-state index in [1.807, 2.05) is 0 Å². The van der Waals surface area contributed by atoms with Gasteiger partial charge in [0, 0.05) is 18.5 Å². The summed E-state index contributed by atoms with van der Waals surface area (Å²) in [6.07, 6.45) is 1.84. The number of allylic oxidation sites excluding steroid dienone is 1. The third-order valence-electron chi connectivity index (χ3n) is 4.47. The van der Waals surface area contributed by atoms with E-state index in [-0.39, 0.29) is 12.8 Å². The highest BCUT2D eigenvalue weighted by Gasteiger charge is 2.43. The number of hydrogen-bond donors (Lipinski definition) is 1. The van der Waals surface area contributed by atoms with Crippen LogP contribution in [0.5, 0.6) is 0 Å². The molecule has 2 heterocycles. The Bertz CT molecular complexity index is 327. The lowest BCUT2D eigenvalue weighted by Gasteiger charge is -2.50. The standard InChI is InChI=1S/C13H20F3NO/c1-17-9-3-2-4-10(17)8-13(18,7-9)6-5-11(14)12(15)16/h9-10,18H,2-8H2,1H3. The van der Waals surface area contributed by atoms with Crippen LogP contribution >= 0.6 is 0 Å². The van der Waals surface area contributed by atoms with Crippen LogP contribution in [0.25, 0.3) is 0 Å². The molecule has 5 heteroatoms. The van der Waals surface area contributed by atoms with E-state index < -0.39 is 17.5 Å². The van der Waals surface area contributed by atoms with Gasteiger partial charge in [-0.1, -0.05) is 6.42 Å². The van der Waals surface area contributed by atoms with E-state index in [0.29, 0.717) is 24.9 Å². The van der Waals surface area contributed by atoms with Crippen LogP contribution in [0, 0.1) is 0 Å². The quantitative estimate of drug-likeness (QED) is 0.845. The van der Waals surface area contributed by atoms with Crippen LogP contribution in [0.4, 0.5) is 13.2 Å². The van der Waals surface area contributed by atoms with Crippen LogP contribution in [0.1, 0.15) is 44.9 Å². The van der Waals surface area contributed by atoms with E-state index >= 15 is 0 Å². The summed E-state index contributed by atoms with van der Waals surface area (Å²) < 4.78 is 36.9. The number of halogens is 3. The van der Waals surface area contributed by atoms with Crippen LogP contribution in [0.2, 0.25) is 0 Å². The maximum atomic E-state index is 12.8. The Kier molecular flexibility index (Phi) is 4.02. The van der Waals surface area contributed by atoms with Crippen LogP contribution in [0.15, 0.2) is 11.9 Å². The van der Waals surface area contributed by atoms with Crippen molar-refractivity contribution >= 4 is 0 Å². The minimum Gasteiger partial charge on any atom is -0.390 e. The van der Waals surface area contributed by atoms with Gasteiger partial charge >= 0.3 is 6.08 Å². The Morgan fingerprint density at radius 1 is 1.22 bits per heavy atom. The fourth-order valence-corrected chi connectivity index (χ4v) is 3.39. The number of rotatable bonds is 3. The van der Waals surface area contributed by atoms with Gasteiger partial charge < -0.3 is 10.0 Å². The van der Waals surface area contributed by atoms with Crippen molar-refractivity contribution in [3.63, 3.8) is 0 Å². The van der Waals surface area contributed by atoms with E-state index in [4.69, 9.17) is 0 Å². The second-order valence-electron chi connectivity index (χ2n) is 5.70. The molecule has 0 aliphatic carbocycles. The zero-order valence-corrected chi connectivity index (χ0v) is 10.6. The molecule has 2 aliphatic heterocycles. The van der Waals surface area contributed by atoms with Crippen molar-refractivity contribution in [2.75, 3.05) is 7.05 Å². The van der Waals surface area contributed by atoms with Gasteiger partial charge in [0.05, 0.1) is 5.60 Å². The van der Waals surface area contributed by atoms with Gasteiger partial charge in [-0.25, -0.2) is 4.39 Å². The molecule has 2 unspecified atom stereocenters. The second-order valence-corrected chi connectivity index (χ2v) is 5.70. The minimum absolute atomic E-state index is 0.0943. The largest absolute Gasteiger partial charge is 0.390 e. The van der Waals surface area contributed by atoms with Crippen molar-refractivity contribution < 1.29 is 18.3 Å². The summed E-state index contributed by atoms with van der Waals surface area (Å²) in [7, 11) is 2.05. The van der Waals surface area contributed by atoms with Gasteiger partial charge in [0.1, 0.15) is 0 Å². The van der Waals surface area contributed by atoms with Gasteiger partial charge in [0.15, 0.2) is 5.83 Å². The summed E-state index contributed by atoms with van der Waals surface area (Å²) in [4.78, 5) is 2.28. The van der Waals surface area contributed by atoms with Crippen molar-refractivity contribution in [1.82, 2.24) is 4.90 Å². The van der Waals surface area contributed by atoms with Crippen LogP contribution in [-0.4, -0.2) is 34.7 Å². The fraction of sp³-hybridized carbons (Fsp3) is 0.846. The summed E-state index contributed by atoms with van der Waals surface area (Å²) in [5, 5.41) is 10.5. The topological polar surface area (TPSA) is 23.5 Å². The van der Waals surface area contributed by atoms with E-state index in [0.717, 1.165) is 19.3 Å². The SMILES string of the molecule is CN1C2CCCC1CC(O)(CCC(F)=C(F)F)C2. The summed E-state index contributed by atoms with van der Waals surface area (Å²) in [6.45, 7) is 0. The highest BCUT2D eigenvalue weighted by Crippen LogP contribution is 2.40. The maximum Gasteiger partial charge on any atom is 0.301 e. The number of hydrogen-bond acceptors (Lipinski definition) is 2. The molecule has 2 atom stereocenters. The Morgan fingerprint density at radius 3 is 2.28 bits per heavy atom. The molecule has 0 spiro atoms. The van der Waals surface area contributed by atoms with Gasteiger partial charge in [-0.3, -0.25) is 0 Å². The molecule has 104 valence electrons. The van der Waals surface area contributed by atoms with Crippen molar-refractivity contribution in [1.29, 1.82) is 0 Å². The Morgan fingerprint density at radius 2 is 1.78 bits per heavy atom. The molecule has 1 N–H and O–H groups in total. The molecule has 2 nitrogen and oxygen atoms in total. The molecule has 0 aromatic carbocycles. The van der Waals surface area contributed by atoms with E-state index in [2.05, 4.69) is 11.9 Å². The summed E-state index contributed by atoms with van der Waals surface area (Å²) in [6, 6.07) is 0.620. The minimum atomic E-state index is -2.26. The smallest absolute Gasteiger partial charge is 0.301 e. The molecule has 2 bridgehead atoms. The zero-order chi connectivity index (χ0) is 13.3. The van der Waals surface area contributed by atoms with Gasteiger partial charge in [-0.2, -0.15) is 8.78 Å². The molecule has 2 aliphatic rings. The van der Waals surface area contributed by atoms with Crippen molar-refractivity contribution in [3.8, 4) is 0 Å². The summed E-state index contributed by atoms with van der Waals surface area (Å²) >= 11 is 0. The molecule has 2 saturated heterocycles. The summed E-state index contributed by atoms with van der Waals surface area (Å²) in [5.74, 6) is -1.38. The predicted molar refractivity (Wildman–Crippen MR) is 63.0 cm³/mol. The monoisotopic (exact) mass is 263 g/mol. The third-order valence-corrected chi connectivity index (χ3v) is 4.47. The van der Waals surface area contributed by atoms with Crippen LogP contribution in [-0.2, 0) is 0 Å². The van der Waals surface area contributed by atoms with Gasteiger partial charge in [-0.15, -0.1) is 0 Å². The lowest BCUT2D eigenvalue weighted by Crippen LogP contribution is -2.56. The first kappa shape index (κ1) is 13.9. The lowest BCUT2D eigenvalue weighted by molar-refractivity contribution is -0.0872. The van der Waals surface area contributed by atoms with E-state index in [9.17, 15) is 18.3 Å². The van der Waals surface area contributed by atoms with E-state index in [1.54, 1.807) is 0 Å². The average molecular weight is 263 g/mol. The molecule has 0 aromatic heterocycles. The fourth-order valence-electron chi connectivity index (χ4n) is 3.39. The lowest BCUT2D eigenvalue weighted by atomic mass is 9.74. The first-order valence-electron chi connectivity index (χ1n) is 6.55. The Balaban J connectivity index is 1.98. The molecule has 0 aromatic rings. The van der Waals surface area contributed by atoms with Crippen molar-refractivity contribution in [3.05, 3.63) is 11.9 Å². The predicted octanol–water partition coefficient (Wildman–Crippen LogP) is 3.22. The molecule has 2 rings (SSSR count). The molecular weight excluding hydrogens is 243 g/mol. The number of fused-ring (bicyclic) bond motifs is 2. The van der Waals surface area contributed by atoms with Crippen molar-refractivity contribution in [2.45, 2.75) is 62.6 Å². The van der Waals surface area contributed by atoms with Gasteiger partial charge in [0.2, 0.25) is 0 Å². The molecule has 0 saturated carbocycles. The van der Waals surface area contributed by atoms with Gasteiger partial charge in [0.25, 0.3) is 0 Å². The Hall–Kier alpha value is -0.550. The van der Waals surface area contributed by atoms with E-state index in [1.165, 1.54) is 0 Å². The third kappa shape index (κ3) is 2.88. The molecular formula is C13H20F3NO.